The van der Waals surface area contributed by atoms with Crippen LogP contribution in [-0.2, 0) is 6.54 Å². The van der Waals surface area contributed by atoms with Crippen molar-refractivity contribution in [3.8, 4) is 28.4 Å². The van der Waals surface area contributed by atoms with Crippen molar-refractivity contribution in [1.82, 2.24) is 0 Å². The SMILES string of the molecule is COc1c(F)c(F)c(-c2c(F)c(F)c(Oc3ccccc3C[N+](C)(C)C)c(F)c2F)c(F)c1F. The average Bonchev–Trinajstić information content (AvgIpc) is 2.77. The number of para-hydroxylation sites is 1. The molecule has 0 spiro atoms. The van der Waals surface area contributed by atoms with Crippen molar-refractivity contribution in [3.05, 3.63) is 76.4 Å². The number of rotatable bonds is 6. The summed E-state index contributed by atoms with van der Waals surface area (Å²) in [6.45, 7) is 0.295. The van der Waals surface area contributed by atoms with Gasteiger partial charge in [-0.15, -0.1) is 0 Å². The second-order valence-electron chi connectivity index (χ2n) is 8.28. The van der Waals surface area contributed by atoms with Gasteiger partial charge in [0, 0.05) is 5.56 Å². The van der Waals surface area contributed by atoms with Crippen LogP contribution >= 0.6 is 0 Å². The third-order valence-electron chi connectivity index (χ3n) is 4.73. The van der Waals surface area contributed by atoms with Gasteiger partial charge in [0.15, 0.2) is 29.0 Å². The summed E-state index contributed by atoms with van der Waals surface area (Å²) in [5, 5.41) is 0. The molecule has 0 aromatic heterocycles. The highest BCUT2D eigenvalue weighted by Gasteiger charge is 2.35. The first-order valence-corrected chi connectivity index (χ1v) is 9.62. The zero-order valence-corrected chi connectivity index (χ0v) is 18.3. The molecule has 0 radical (unpaired) electrons. The van der Waals surface area contributed by atoms with E-state index in [1.807, 2.05) is 21.1 Å². The van der Waals surface area contributed by atoms with E-state index < -0.39 is 69.2 Å². The van der Waals surface area contributed by atoms with Crippen LogP contribution in [0.15, 0.2) is 24.3 Å². The lowest BCUT2D eigenvalue weighted by molar-refractivity contribution is -0.884. The molecule has 0 fully saturated rings. The molecule has 0 saturated heterocycles. The fourth-order valence-electron chi connectivity index (χ4n) is 3.29. The topological polar surface area (TPSA) is 18.5 Å². The second kappa shape index (κ2) is 9.13. The summed E-state index contributed by atoms with van der Waals surface area (Å²) in [7, 11) is 6.11. The Bertz CT molecular complexity index is 1210. The molecule has 3 rings (SSSR count). The lowest BCUT2D eigenvalue weighted by atomic mass is 10.0. The zero-order valence-electron chi connectivity index (χ0n) is 18.3. The molecule has 0 amide bonds. The van der Waals surface area contributed by atoms with E-state index in [9.17, 15) is 35.1 Å². The Morgan fingerprint density at radius 2 is 1.03 bits per heavy atom. The molecule has 3 aromatic carbocycles. The van der Waals surface area contributed by atoms with Gasteiger partial charge < -0.3 is 14.0 Å². The Labute approximate surface area is 189 Å². The molecule has 3 nitrogen and oxygen atoms in total. The largest absolute Gasteiger partial charge is 0.491 e. The molecular formula is C23H18F8NO2+. The van der Waals surface area contributed by atoms with E-state index >= 15 is 0 Å². The first-order chi connectivity index (χ1) is 15.8. The molecule has 11 heteroatoms. The maximum Gasteiger partial charge on any atom is 0.205 e. The van der Waals surface area contributed by atoms with E-state index in [4.69, 9.17) is 4.74 Å². The van der Waals surface area contributed by atoms with Gasteiger partial charge in [-0.3, -0.25) is 0 Å². The van der Waals surface area contributed by atoms with Gasteiger partial charge in [0.05, 0.1) is 39.4 Å². The normalized spacial score (nSPS) is 11.6. The van der Waals surface area contributed by atoms with Gasteiger partial charge in [-0.1, -0.05) is 12.1 Å². The summed E-state index contributed by atoms with van der Waals surface area (Å²) in [5.41, 5.74) is -3.55. The minimum Gasteiger partial charge on any atom is -0.491 e. The van der Waals surface area contributed by atoms with Crippen molar-refractivity contribution < 1.29 is 49.1 Å². The summed E-state index contributed by atoms with van der Waals surface area (Å²) >= 11 is 0. The van der Waals surface area contributed by atoms with E-state index in [1.165, 1.54) is 12.1 Å². The van der Waals surface area contributed by atoms with Gasteiger partial charge >= 0.3 is 0 Å². The molecular weight excluding hydrogens is 474 g/mol. The van der Waals surface area contributed by atoms with Crippen LogP contribution in [0.5, 0.6) is 17.2 Å². The lowest BCUT2D eigenvalue weighted by Crippen LogP contribution is -2.33. The molecule has 0 aliphatic carbocycles. The molecule has 0 N–H and O–H groups in total. The van der Waals surface area contributed by atoms with E-state index in [1.54, 1.807) is 12.1 Å². The van der Waals surface area contributed by atoms with Crippen LogP contribution in [0.2, 0.25) is 0 Å². The summed E-state index contributed by atoms with van der Waals surface area (Å²) < 4.78 is 126. The van der Waals surface area contributed by atoms with Crippen LogP contribution in [-0.4, -0.2) is 32.7 Å². The summed E-state index contributed by atoms with van der Waals surface area (Å²) in [5.74, 6) is -21.1. The Balaban J connectivity index is 2.22. The number of hydrogen-bond acceptors (Lipinski definition) is 2. The Morgan fingerprint density at radius 3 is 1.44 bits per heavy atom. The van der Waals surface area contributed by atoms with Crippen LogP contribution in [0.25, 0.3) is 11.1 Å². The number of halogens is 8. The van der Waals surface area contributed by atoms with Gasteiger partial charge in [-0.25, -0.2) is 17.6 Å². The molecule has 182 valence electrons. The van der Waals surface area contributed by atoms with E-state index in [2.05, 4.69) is 4.74 Å². The van der Waals surface area contributed by atoms with Crippen LogP contribution < -0.4 is 9.47 Å². The van der Waals surface area contributed by atoms with Gasteiger partial charge in [0.25, 0.3) is 0 Å². The molecule has 0 unspecified atom stereocenters. The van der Waals surface area contributed by atoms with Crippen LogP contribution in [0.4, 0.5) is 35.1 Å². The predicted molar refractivity (Wildman–Crippen MR) is 106 cm³/mol. The fraction of sp³-hybridized carbons (Fsp3) is 0.217. The Morgan fingerprint density at radius 1 is 0.618 bits per heavy atom. The standard InChI is InChI=1S/C23H18F8NO2/c1-32(2,3)9-10-7-5-6-8-11(10)34-23-20(30)16(26)13(17(27)21(23)31)12-14(24)18(28)22(33-4)19(29)15(12)25/h5-8H,9H2,1-4H3/q+1. The van der Waals surface area contributed by atoms with Gasteiger partial charge in [-0.05, 0) is 12.1 Å². The maximum atomic E-state index is 14.8. The Kier molecular flexibility index (Phi) is 6.79. The zero-order chi connectivity index (χ0) is 25.5. The van der Waals surface area contributed by atoms with Crippen molar-refractivity contribution in [3.63, 3.8) is 0 Å². The first-order valence-electron chi connectivity index (χ1n) is 9.62. The van der Waals surface area contributed by atoms with E-state index in [0.717, 1.165) is 0 Å². The fourth-order valence-corrected chi connectivity index (χ4v) is 3.29. The van der Waals surface area contributed by atoms with Crippen molar-refractivity contribution >= 4 is 0 Å². The smallest absolute Gasteiger partial charge is 0.205 e. The molecule has 0 atom stereocenters. The molecule has 34 heavy (non-hydrogen) atoms. The second-order valence-corrected chi connectivity index (χ2v) is 8.28. The van der Waals surface area contributed by atoms with Crippen molar-refractivity contribution in [1.29, 1.82) is 0 Å². The van der Waals surface area contributed by atoms with Gasteiger partial charge in [0.1, 0.15) is 12.3 Å². The highest BCUT2D eigenvalue weighted by Crippen LogP contribution is 2.42. The van der Waals surface area contributed by atoms with Crippen LogP contribution in [0.1, 0.15) is 5.56 Å². The van der Waals surface area contributed by atoms with Crippen molar-refractivity contribution in [2.45, 2.75) is 6.54 Å². The minimum atomic E-state index is -2.32. The van der Waals surface area contributed by atoms with Gasteiger partial charge in [-0.2, -0.15) is 17.6 Å². The number of quaternary nitrogens is 1. The lowest BCUT2D eigenvalue weighted by Gasteiger charge is -2.25. The predicted octanol–water partition coefficient (Wildman–Crippen LogP) is 6.47. The quantitative estimate of drug-likeness (QED) is 0.223. The molecule has 0 aliphatic heterocycles. The summed E-state index contributed by atoms with van der Waals surface area (Å²) in [4.78, 5) is 0. The van der Waals surface area contributed by atoms with Gasteiger partial charge in [0.2, 0.25) is 29.0 Å². The highest BCUT2D eigenvalue weighted by atomic mass is 19.2. The number of nitrogens with zero attached hydrogens (tertiary/aromatic N) is 1. The molecule has 0 saturated carbocycles. The number of hydrogen-bond donors (Lipinski definition) is 0. The molecule has 0 aliphatic rings. The first kappa shape index (κ1) is 25.3. The summed E-state index contributed by atoms with van der Waals surface area (Å²) in [6.07, 6.45) is 0. The van der Waals surface area contributed by atoms with Crippen LogP contribution in [0.3, 0.4) is 0 Å². The van der Waals surface area contributed by atoms with Crippen molar-refractivity contribution in [2.24, 2.45) is 0 Å². The third-order valence-corrected chi connectivity index (χ3v) is 4.73. The van der Waals surface area contributed by atoms with E-state index in [-0.39, 0.29) is 5.75 Å². The van der Waals surface area contributed by atoms with Crippen LogP contribution in [0, 0.1) is 46.5 Å². The Hall–Kier alpha value is -3.34. The number of methoxy groups -OCH3 is 1. The minimum absolute atomic E-state index is 0.140. The number of benzene rings is 3. The molecule has 3 aromatic rings. The number of ether oxygens (including phenoxy) is 2. The molecule has 0 bridgehead atoms. The average molecular weight is 492 g/mol. The monoisotopic (exact) mass is 492 g/mol. The highest BCUT2D eigenvalue weighted by molar-refractivity contribution is 5.69. The molecule has 0 heterocycles. The summed E-state index contributed by atoms with van der Waals surface area (Å²) in [6, 6.07) is 5.90. The maximum absolute atomic E-state index is 14.8. The third kappa shape index (κ3) is 4.39. The van der Waals surface area contributed by atoms with Crippen molar-refractivity contribution in [2.75, 3.05) is 28.3 Å². The van der Waals surface area contributed by atoms with E-state index in [0.29, 0.717) is 23.7 Å².